The first-order chi connectivity index (χ1) is 10.2. The van der Waals surface area contributed by atoms with Crippen molar-refractivity contribution in [2.24, 2.45) is 0 Å². The Balaban J connectivity index is 2.12. The summed E-state index contributed by atoms with van der Waals surface area (Å²) in [4.78, 5) is 0. The maximum Gasteiger partial charge on any atom is 0.162 e. The van der Waals surface area contributed by atoms with Crippen LogP contribution in [0.3, 0.4) is 0 Å². The van der Waals surface area contributed by atoms with Gasteiger partial charge in [-0.15, -0.1) is 0 Å². The number of hydrogen-bond donors (Lipinski definition) is 1. The molecule has 1 aliphatic heterocycles. The zero-order valence-corrected chi connectivity index (χ0v) is 13.7. The van der Waals surface area contributed by atoms with Gasteiger partial charge < -0.3 is 19.5 Å². The van der Waals surface area contributed by atoms with Crippen molar-refractivity contribution in [2.45, 2.75) is 37.8 Å². The number of methoxy groups -OCH3 is 2. The van der Waals surface area contributed by atoms with Crippen molar-refractivity contribution in [1.82, 2.24) is 5.32 Å². The number of hydrogen-bond acceptors (Lipinski definition) is 4. The summed E-state index contributed by atoms with van der Waals surface area (Å²) in [6.07, 6.45) is 4.74. The van der Waals surface area contributed by atoms with E-state index in [2.05, 4.69) is 5.32 Å². The minimum absolute atomic E-state index is 0.182. The average molecular weight is 314 g/mol. The van der Waals surface area contributed by atoms with E-state index in [1.165, 1.54) is 6.42 Å². The van der Waals surface area contributed by atoms with E-state index in [4.69, 9.17) is 25.8 Å². The van der Waals surface area contributed by atoms with Gasteiger partial charge in [0, 0.05) is 23.7 Å². The molecule has 0 saturated carbocycles. The zero-order chi connectivity index (χ0) is 15.2. The van der Waals surface area contributed by atoms with E-state index in [1.807, 2.05) is 19.2 Å². The lowest BCUT2D eigenvalue weighted by Gasteiger charge is -2.21. The molecule has 1 N–H and O–H groups in total. The molecule has 118 valence electrons. The first kappa shape index (κ1) is 16.4. The predicted octanol–water partition coefficient (Wildman–Crippen LogP) is 3.58. The van der Waals surface area contributed by atoms with Crippen LogP contribution in [0.1, 0.15) is 37.3 Å². The van der Waals surface area contributed by atoms with Gasteiger partial charge in [-0.25, -0.2) is 0 Å². The Morgan fingerprint density at radius 3 is 2.62 bits per heavy atom. The lowest BCUT2D eigenvalue weighted by Crippen LogP contribution is -2.19. The Morgan fingerprint density at radius 2 is 2.05 bits per heavy atom. The summed E-state index contributed by atoms with van der Waals surface area (Å²) in [6.45, 7) is 0.895. The second kappa shape index (κ2) is 7.87. The van der Waals surface area contributed by atoms with Crippen molar-refractivity contribution in [1.29, 1.82) is 0 Å². The topological polar surface area (TPSA) is 39.7 Å². The second-order valence-corrected chi connectivity index (χ2v) is 5.69. The van der Waals surface area contributed by atoms with Gasteiger partial charge in [-0.2, -0.15) is 0 Å². The summed E-state index contributed by atoms with van der Waals surface area (Å²) in [7, 11) is 5.20. The summed E-state index contributed by atoms with van der Waals surface area (Å²) in [5.74, 6) is 1.36. The Hall–Kier alpha value is -0.970. The molecule has 1 fully saturated rings. The molecule has 1 saturated heterocycles. The molecule has 4 nitrogen and oxygen atoms in total. The fourth-order valence-corrected chi connectivity index (χ4v) is 3.10. The number of nitrogens with one attached hydrogen (secondary N) is 1. The van der Waals surface area contributed by atoms with Gasteiger partial charge in [-0.3, -0.25) is 0 Å². The standard InChI is InChI=1S/C16H24ClNO3/c1-18-14(7-6-11-5-4-8-21-11)12-9-15(19-2)16(20-3)10-13(12)17/h9-11,14,18H,4-8H2,1-3H3. The number of ether oxygens (including phenoxy) is 3. The van der Waals surface area contributed by atoms with E-state index in [9.17, 15) is 0 Å². The van der Waals surface area contributed by atoms with Crippen LogP contribution in [0.2, 0.25) is 5.02 Å². The van der Waals surface area contributed by atoms with E-state index < -0.39 is 0 Å². The third-order valence-corrected chi connectivity index (χ3v) is 4.36. The molecule has 2 unspecified atom stereocenters. The fourth-order valence-electron chi connectivity index (χ4n) is 2.82. The molecule has 2 atom stereocenters. The van der Waals surface area contributed by atoms with Crippen molar-refractivity contribution in [3.05, 3.63) is 22.7 Å². The molecule has 2 rings (SSSR count). The molecule has 0 amide bonds. The molecule has 1 aromatic carbocycles. The molecule has 0 radical (unpaired) electrons. The Labute approximate surface area is 131 Å². The molecule has 5 heteroatoms. The monoisotopic (exact) mass is 313 g/mol. The van der Waals surface area contributed by atoms with Gasteiger partial charge in [0.2, 0.25) is 0 Å². The number of rotatable bonds is 7. The fraction of sp³-hybridized carbons (Fsp3) is 0.625. The van der Waals surface area contributed by atoms with E-state index in [-0.39, 0.29) is 6.04 Å². The smallest absolute Gasteiger partial charge is 0.162 e. The predicted molar refractivity (Wildman–Crippen MR) is 84.6 cm³/mol. The molecule has 21 heavy (non-hydrogen) atoms. The second-order valence-electron chi connectivity index (χ2n) is 5.28. The summed E-state index contributed by atoms with van der Waals surface area (Å²) in [6, 6.07) is 3.95. The summed E-state index contributed by atoms with van der Waals surface area (Å²) >= 11 is 6.40. The van der Waals surface area contributed by atoms with Gasteiger partial charge in [-0.1, -0.05) is 11.6 Å². The van der Waals surface area contributed by atoms with Crippen molar-refractivity contribution < 1.29 is 14.2 Å². The van der Waals surface area contributed by atoms with Gasteiger partial charge in [-0.05, 0) is 44.4 Å². The molecule has 1 heterocycles. The van der Waals surface area contributed by atoms with E-state index in [0.717, 1.165) is 31.4 Å². The van der Waals surface area contributed by atoms with E-state index in [0.29, 0.717) is 22.6 Å². The maximum absolute atomic E-state index is 6.40. The Morgan fingerprint density at radius 1 is 1.33 bits per heavy atom. The molecule has 0 spiro atoms. The number of benzene rings is 1. The first-order valence-corrected chi connectivity index (χ1v) is 7.77. The maximum atomic E-state index is 6.40. The minimum atomic E-state index is 0.182. The van der Waals surface area contributed by atoms with Gasteiger partial charge >= 0.3 is 0 Å². The van der Waals surface area contributed by atoms with Crippen LogP contribution in [-0.4, -0.2) is 34.0 Å². The Kier molecular flexibility index (Phi) is 6.15. The van der Waals surface area contributed by atoms with Gasteiger partial charge in [0.15, 0.2) is 11.5 Å². The first-order valence-electron chi connectivity index (χ1n) is 7.39. The quantitative estimate of drug-likeness (QED) is 0.835. The summed E-state index contributed by atoms with van der Waals surface area (Å²) in [5.41, 5.74) is 1.04. The largest absolute Gasteiger partial charge is 0.493 e. The summed E-state index contributed by atoms with van der Waals surface area (Å²) < 4.78 is 16.3. The highest BCUT2D eigenvalue weighted by molar-refractivity contribution is 6.31. The van der Waals surface area contributed by atoms with Gasteiger partial charge in [0.1, 0.15) is 0 Å². The van der Waals surface area contributed by atoms with Crippen LogP contribution in [0.15, 0.2) is 12.1 Å². The molecule has 0 aromatic heterocycles. The molecule has 1 aromatic rings. The highest BCUT2D eigenvalue weighted by atomic mass is 35.5. The van der Waals surface area contributed by atoms with Crippen molar-refractivity contribution >= 4 is 11.6 Å². The van der Waals surface area contributed by atoms with Crippen LogP contribution in [0.5, 0.6) is 11.5 Å². The molecule has 0 bridgehead atoms. The van der Waals surface area contributed by atoms with E-state index in [1.54, 1.807) is 14.2 Å². The van der Waals surface area contributed by atoms with Crippen LogP contribution in [0.4, 0.5) is 0 Å². The normalized spacial score (nSPS) is 19.5. The highest BCUT2D eigenvalue weighted by Gasteiger charge is 2.21. The molecular weight excluding hydrogens is 290 g/mol. The zero-order valence-electron chi connectivity index (χ0n) is 12.9. The van der Waals surface area contributed by atoms with Crippen LogP contribution < -0.4 is 14.8 Å². The van der Waals surface area contributed by atoms with Crippen molar-refractivity contribution in [3.63, 3.8) is 0 Å². The van der Waals surface area contributed by atoms with Crippen LogP contribution in [0.25, 0.3) is 0 Å². The van der Waals surface area contributed by atoms with Gasteiger partial charge in [0.05, 0.1) is 20.3 Å². The average Bonchev–Trinajstić information content (AvgIpc) is 3.02. The third kappa shape index (κ3) is 4.02. The molecule has 0 aliphatic carbocycles. The van der Waals surface area contributed by atoms with Crippen LogP contribution in [0, 0.1) is 0 Å². The van der Waals surface area contributed by atoms with Gasteiger partial charge in [0.25, 0.3) is 0 Å². The van der Waals surface area contributed by atoms with Crippen molar-refractivity contribution in [2.75, 3.05) is 27.9 Å². The SMILES string of the molecule is CNC(CCC1CCCO1)c1cc(OC)c(OC)cc1Cl. The third-order valence-electron chi connectivity index (χ3n) is 4.03. The Bertz CT molecular complexity index is 461. The molecule has 1 aliphatic rings. The lowest BCUT2D eigenvalue weighted by molar-refractivity contribution is 0.0998. The lowest BCUT2D eigenvalue weighted by atomic mass is 9.99. The highest BCUT2D eigenvalue weighted by Crippen LogP contribution is 2.37. The van der Waals surface area contributed by atoms with Crippen LogP contribution >= 0.6 is 11.6 Å². The molecular formula is C16H24ClNO3. The number of halogens is 1. The van der Waals surface area contributed by atoms with E-state index >= 15 is 0 Å². The minimum Gasteiger partial charge on any atom is -0.493 e. The van der Waals surface area contributed by atoms with Crippen LogP contribution in [-0.2, 0) is 4.74 Å². The summed E-state index contributed by atoms with van der Waals surface area (Å²) in [5, 5.41) is 4.03. The van der Waals surface area contributed by atoms with Crippen molar-refractivity contribution in [3.8, 4) is 11.5 Å².